The highest BCUT2D eigenvalue weighted by Crippen LogP contribution is 2.28. The van der Waals surface area contributed by atoms with E-state index in [0.717, 1.165) is 0 Å². The highest BCUT2D eigenvalue weighted by Gasteiger charge is 2.04. The maximum absolute atomic E-state index is 2.18. The zero-order valence-electron chi connectivity index (χ0n) is 9.77. The molecule has 0 radical (unpaired) electrons. The Morgan fingerprint density at radius 3 is 2.19 bits per heavy atom. The first-order valence-electron chi connectivity index (χ1n) is 5.60. The molecule has 0 spiro atoms. The molecule has 0 saturated carbocycles. The summed E-state index contributed by atoms with van der Waals surface area (Å²) in [5.41, 5.74) is 5.22. The fraction of sp³-hybridized carbons (Fsp3) is 0.125. The normalized spacial score (nSPS) is 11.5. The largest absolute Gasteiger partial charge is 0.0841 e. The summed E-state index contributed by atoms with van der Waals surface area (Å²) in [6.07, 6.45) is 2.15. The molecule has 0 aromatic heterocycles. The Balaban J connectivity index is 2.58. The lowest BCUT2D eigenvalue weighted by Gasteiger charge is -2.09. The van der Waals surface area contributed by atoms with Gasteiger partial charge in [0.05, 0.1) is 0 Å². The molecular weight excluding hydrogens is 192 g/mol. The Kier molecular flexibility index (Phi) is 3.21. The zero-order chi connectivity index (χ0) is 11.4. The number of rotatable bonds is 2. The molecule has 0 bridgehead atoms. The van der Waals surface area contributed by atoms with E-state index in [-0.39, 0.29) is 0 Å². The Hall–Kier alpha value is -1.82. The molecule has 0 heteroatoms. The predicted molar refractivity (Wildman–Crippen MR) is 71.2 cm³/mol. The average molecular weight is 208 g/mol. The van der Waals surface area contributed by atoms with Gasteiger partial charge in [0.1, 0.15) is 0 Å². The van der Waals surface area contributed by atoms with E-state index >= 15 is 0 Å². The first-order chi connectivity index (χ1) is 7.83. The molecule has 0 fully saturated rings. The van der Waals surface area contributed by atoms with Crippen molar-refractivity contribution in [2.24, 2.45) is 0 Å². The molecule has 80 valence electrons. The number of benzene rings is 2. The van der Waals surface area contributed by atoms with Crippen molar-refractivity contribution in [3.63, 3.8) is 0 Å². The van der Waals surface area contributed by atoms with Crippen LogP contribution in [0.3, 0.4) is 0 Å². The van der Waals surface area contributed by atoms with Crippen molar-refractivity contribution in [2.75, 3.05) is 0 Å². The molecule has 0 atom stereocenters. The van der Waals surface area contributed by atoms with Crippen LogP contribution in [0, 0.1) is 0 Å². The van der Waals surface area contributed by atoms with Gasteiger partial charge in [-0.05, 0) is 36.1 Å². The molecule has 16 heavy (non-hydrogen) atoms. The topological polar surface area (TPSA) is 0 Å². The summed E-state index contributed by atoms with van der Waals surface area (Å²) < 4.78 is 0. The summed E-state index contributed by atoms with van der Waals surface area (Å²) in [6.45, 7) is 4.23. The molecule has 0 aliphatic carbocycles. The van der Waals surface area contributed by atoms with Gasteiger partial charge in [0.2, 0.25) is 0 Å². The molecule has 2 rings (SSSR count). The third kappa shape index (κ3) is 2.06. The summed E-state index contributed by atoms with van der Waals surface area (Å²) in [4.78, 5) is 0. The van der Waals surface area contributed by atoms with Crippen LogP contribution in [0.2, 0.25) is 0 Å². The van der Waals surface area contributed by atoms with E-state index in [9.17, 15) is 0 Å². The maximum atomic E-state index is 2.18. The highest BCUT2D eigenvalue weighted by atomic mass is 14.1. The lowest BCUT2D eigenvalue weighted by atomic mass is 9.95. The van der Waals surface area contributed by atoms with Crippen LogP contribution in [0.4, 0.5) is 0 Å². The van der Waals surface area contributed by atoms with Crippen molar-refractivity contribution in [3.8, 4) is 11.1 Å². The second-order valence-corrected chi connectivity index (χ2v) is 3.88. The van der Waals surface area contributed by atoms with E-state index in [1.54, 1.807) is 0 Å². The first-order valence-corrected chi connectivity index (χ1v) is 5.60. The van der Waals surface area contributed by atoms with Gasteiger partial charge in [-0.3, -0.25) is 0 Å². The number of hydrogen-bond donors (Lipinski definition) is 0. The van der Waals surface area contributed by atoms with Gasteiger partial charge in [-0.2, -0.15) is 0 Å². The zero-order valence-corrected chi connectivity index (χ0v) is 9.77. The number of allylic oxidation sites excluding steroid dienone is 2. The SMILES string of the molecule is CC=C(C)c1ccccc1-c1ccccc1. The molecule has 0 nitrogen and oxygen atoms in total. The van der Waals surface area contributed by atoms with Gasteiger partial charge in [-0.15, -0.1) is 0 Å². The monoisotopic (exact) mass is 208 g/mol. The van der Waals surface area contributed by atoms with E-state index in [4.69, 9.17) is 0 Å². The minimum Gasteiger partial charge on any atom is -0.0841 e. The van der Waals surface area contributed by atoms with E-state index in [1.165, 1.54) is 22.3 Å². The highest BCUT2D eigenvalue weighted by molar-refractivity contribution is 5.80. The van der Waals surface area contributed by atoms with Crippen LogP contribution in [0.1, 0.15) is 19.4 Å². The Morgan fingerprint density at radius 2 is 1.50 bits per heavy atom. The quantitative estimate of drug-likeness (QED) is 0.666. The minimum absolute atomic E-state index is 1.28. The Bertz CT molecular complexity index is 492. The molecule has 0 aliphatic heterocycles. The molecule has 2 aromatic carbocycles. The summed E-state index contributed by atoms with van der Waals surface area (Å²) in [6, 6.07) is 19.1. The lowest BCUT2D eigenvalue weighted by molar-refractivity contribution is 1.52. The Morgan fingerprint density at radius 1 is 0.875 bits per heavy atom. The fourth-order valence-corrected chi connectivity index (χ4v) is 1.85. The van der Waals surface area contributed by atoms with Crippen LogP contribution < -0.4 is 0 Å². The molecule has 2 aromatic rings. The van der Waals surface area contributed by atoms with Crippen LogP contribution >= 0.6 is 0 Å². The van der Waals surface area contributed by atoms with Crippen LogP contribution in [0.5, 0.6) is 0 Å². The first kappa shape index (κ1) is 10.7. The second-order valence-electron chi connectivity index (χ2n) is 3.88. The van der Waals surface area contributed by atoms with E-state index in [1.807, 2.05) is 0 Å². The molecule has 0 aliphatic rings. The summed E-state index contributed by atoms with van der Waals surface area (Å²) >= 11 is 0. The van der Waals surface area contributed by atoms with Crippen molar-refractivity contribution < 1.29 is 0 Å². The standard InChI is InChI=1S/C16H16/c1-3-13(2)15-11-7-8-12-16(15)14-9-5-4-6-10-14/h3-12H,1-2H3. The Labute approximate surface area is 97.3 Å². The molecule has 0 saturated heterocycles. The van der Waals surface area contributed by atoms with Gasteiger partial charge in [0.25, 0.3) is 0 Å². The van der Waals surface area contributed by atoms with Gasteiger partial charge < -0.3 is 0 Å². The summed E-state index contributed by atoms with van der Waals surface area (Å²) in [5, 5.41) is 0. The molecular formula is C16H16. The maximum Gasteiger partial charge on any atom is -0.0109 e. The van der Waals surface area contributed by atoms with Crippen LogP contribution in [0.15, 0.2) is 60.7 Å². The van der Waals surface area contributed by atoms with Crippen molar-refractivity contribution in [2.45, 2.75) is 13.8 Å². The van der Waals surface area contributed by atoms with Crippen molar-refractivity contribution >= 4 is 5.57 Å². The predicted octanol–water partition coefficient (Wildman–Crippen LogP) is 4.78. The van der Waals surface area contributed by atoms with Crippen LogP contribution in [-0.4, -0.2) is 0 Å². The average Bonchev–Trinajstić information content (AvgIpc) is 2.39. The third-order valence-electron chi connectivity index (χ3n) is 2.87. The van der Waals surface area contributed by atoms with Gasteiger partial charge in [0, 0.05) is 0 Å². The van der Waals surface area contributed by atoms with Crippen molar-refractivity contribution in [1.82, 2.24) is 0 Å². The molecule has 0 unspecified atom stereocenters. The van der Waals surface area contributed by atoms with Gasteiger partial charge >= 0.3 is 0 Å². The van der Waals surface area contributed by atoms with E-state index < -0.39 is 0 Å². The number of hydrogen-bond acceptors (Lipinski definition) is 0. The van der Waals surface area contributed by atoms with E-state index in [0.29, 0.717) is 0 Å². The fourth-order valence-electron chi connectivity index (χ4n) is 1.85. The van der Waals surface area contributed by atoms with Crippen LogP contribution in [-0.2, 0) is 0 Å². The minimum atomic E-state index is 1.28. The molecule has 0 heterocycles. The van der Waals surface area contributed by atoms with E-state index in [2.05, 4.69) is 74.5 Å². The summed E-state index contributed by atoms with van der Waals surface area (Å²) in [7, 11) is 0. The van der Waals surface area contributed by atoms with Gasteiger partial charge in [-0.1, -0.05) is 60.7 Å². The smallest absolute Gasteiger partial charge is 0.0109 e. The van der Waals surface area contributed by atoms with Crippen LogP contribution in [0.25, 0.3) is 16.7 Å². The second kappa shape index (κ2) is 4.80. The third-order valence-corrected chi connectivity index (χ3v) is 2.87. The van der Waals surface area contributed by atoms with Gasteiger partial charge in [-0.25, -0.2) is 0 Å². The van der Waals surface area contributed by atoms with Gasteiger partial charge in [0.15, 0.2) is 0 Å². The summed E-state index contributed by atoms with van der Waals surface area (Å²) in [5.74, 6) is 0. The van der Waals surface area contributed by atoms with Crippen molar-refractivity contribution in [1.29, 1.82) is 0 Å². The van der Waals surface area contributed by atoms with Crippen molar-refractivity contribution in [3.05, 3.63) is 66.2 Å². The lowest BCUT2D eigenvalue weighted by Crippen LogP contribution is -1.86. The molecule has 0 N–H and O–H groups in total. The molecule has 0 amide bonds.